The maximum absolute atomic E-state index is 4.80. The third kappa shape index (κ3) is 6.04. The number of nitrogens with zero attached hydrogens (tertiary/aromatic N) is 3. The zero-order chi connectivity index (χ0) is 44.7. The van der Waals surface area contributed by atoms with Gasteiger partial charge in [0.25, 0.3) is 0 Å². The first-order valence-electron chi connectivity index (χ1n) is 22.9. The molecule has 12 rings (SSSR count). The van der Waals surface area contributed by atoms with Crippen molar-refractivity contribution in [1.82, 2.24) is 8.97 Å². The van der Waals surface area contributed by atoms with Crippen molar-refractivity contribution in [2.45, 2.75) is 31.7 Å². The minimum Gasteiger partial charge on any atom is -0.335 e. The molecule has 10 aromatic rings. The molecule has 3 nitrogen and oxygen atoms in total. The van der Waals surface area contributed by atoms with Crippen molar-refractivity contribution in [1.29, 1.82) is 0 Å². The maximum Gasteiger partial charge on any atom is 0.0620 e. The molecule has 2 aliphatic carbocycles. The van der Waals surface area contributed by atoms with Crippen LogP contribution < -0.4 is 4.90 Å². The van der Waals surface area contributed by atoms with Crippen LogP contribution >= 0.6 is 0 Å². The third-order valence-corrected chi connectivity index (χ3v) is 14.3. The van der Waals surface area contributed by atoms with Gasteiger partial charge in [-0.25, -0.2) is 0 Å². The Hall–Kier alpha value is -8.14. The largest absolute Gasteiger partial charge is 0.335 e. The molecule has 3 heteroatoms. The lowest BCUT2D eigenvalue weighted by atomic mass is 9.82. The van der Waals surface area contributed by atoms with Crippen LogP contribution in [0.25, 0.3) is 82.8 Å². The molecule has 316 valence electrons. The van der Waals surface area contributed by atoms with Gasteiger partial charge in [0, 0.05) is 55.3 Å². The molecule has 0 saturated heterocycles. The second kappa shape index (κ2) is 15.3. The highest BCUT2D eigenvalue weighted by atomic mass is 15.2. The van der Waals surface area contributed by atoms with Crippen LogP contribution in [0, 0.1) is 0 Å². The van der Waals surface area contributed by atoms with E-state index in [1.807, 2.05) is 6.08 Å². The zero-order valence-corrected chi connectivity index (χ0v) is 37.4. The highest BCUT2D eigenvalue weighted by Gasteiger charge is 2.37. The molecule has 66 heavy (non-hydrogen) atoms. The fraction of sp³-hybridized carbons (Fsp3) is 0.0794. The van der Waals surface area contributed by atoms with Gasteiger partial charge in [0.05, 0.1) is 33.6 Å². The van der Waals surface area contributed by atoms with Crippen molar-refractivity contribution in [2.24, 2.45) is 0 Å². The average molecular weight is 848 g/mol. The van der Waals surface area contributed by atoms with Gasteiger partial charge >= 0.3 is 0 Å². The highest BCUT2D eigenvalue weighted by molar-refractivity contribution is 6.23. The van der Waals surface area contributed by atoms with Crippen molar-refractivity contribution in [3.05, 3.63) is 254 Å². The van der Waals surface area contributed by atoms with Gasteiger partial charge in [-0.2, -0.15) is 0 Å². The van der Waals surface area contributed by atoms with E-state index in [0.29, 0.717) is 0 Å². The van der Waals surface area contributed by atoms with Crippen LogP contribution in [0.1, 0.15) is 31.4 Å². The van der Waals surface area contributed by atoms with Gasteiger partial charge in [-0.15, -0.1) is 0 Å². The lowest BCUT2D eigenvalue weighted by Crippen LogP contribution is -2.33. The average Bonchev–Trinajstić information content (AvgIpc) is 4.04. The standard InChI is InChI=1S/C63H49N3/c1-6-43(17-16-38-64-58-25-12-8-19-50(58)51-20-9-13-26-59(51)64)44-28-33-47(34-29-44)65(41(2)39-57-42(3)49-18-7-11-24-56(49)63(57,4)5)48-35-30-45(31-36-48)46-32-37-61-55(40-46)54-23-15-22-53-52-21-10-14-27-60(52)66(61)62(53)54/h6-33,35-40,47H,1-3,34H2,4-5H3. The van der Waals surface area contributed by atoms with Gasteiger partial charge in [0.15, 0.2) is 0 Å². The Labute approximate surface area is 385 Å². The SMILES string of the molecule is C=CC(=CC=Cn1c2ccccc2c2ccccc21)C1=CCC(N(C(=C)C=C2C(=C)c3ccccc3C2(C)C)c2ccc(-c3ccc4c(c3)c3cccc5c6ccccc6n4c53)cc2)C=C1. The summed E-state index contributed by atoms with van der Waals surface area (Å²) in [4.78, 5) is 2.40. The molecule has 1 atom stereocenters. The highest BCUT2D eigenvalue weighted by Crippen LogP contribution is 2.49. The molecule has 0 fully saturated rings. The number of aromatic nitrogens is 2. The fourth-order valence-corrected chi connectivity index (χ4v) is 11.1. The Balaban J connectivity index is 0.879. The molecular formula is C63H49N3. The van der Waals surface area contributed by atoms with Crippen LogP contribution in [0.3, 0.4) is 0 Å². The van der Waals surface area contributed by atoms with Crippen molar-refractivity contribution in [2.75, 3.05) is 4.90 Å². The lowest BCUT2D eigenvalue weighted by Gasteiger charge is -2.34. The molecule has 0 N–H and O–H groups in total. The minimum absolute atomic E-state index is 0.0356. The Morgan fingerprint density at radius 2 is 1.27 bits per heavy atom. The maximum atomic E-state index is 4.80. The van der Waals surface area contributed by atoms with Crippen molar-refractivity contribution < 1.29 is 0 Å². The molecular weight excluding hydrogens is 799 g/mol. The molecule has 0 amide bonds. The number of allylic oxidation sites excluding steroid dienone is 9. The first kappa shape index (κ1) is 39.5. The number of fused-ring (bicyclic) bond motifs is 10. The molecule has 7 aromatic carbocycles. The van der Waals surface area contributed by atoms with Crippen LogP contribution in [0.5, 0.6) is 0 Å². The van der Waals surface area contributed by atoms with Crippen LogP contribution in [0.4, 0.5) is 5.69 Å². The van der Waals surface area contributed by atoms with E-state index in [1.54, 1.807) is 0 Å². The molecule has 2 aliphatic rings. The molecule has 0 spiro atoms. The van der Waals surface area contributed by atoms with Gasteiger partial charge in [-0.1, -0.05) is 179 Å². The number of para-hydroxylation sites is 4. The summed E-state index contributed by atoms with van der Waals surface area (Å²) in [5.74, 6) is 0. The third-order valence-electron chi connectivity index (χ3n) is 14.3. The second-order valence-electron chi connectivity index (χ2n) is 18.3. The first-order valence-corrected chi connectivity index (χ1v) is 22.9. The summed E-state index contributed by atoms with van der Waals surface area (Å²) in [6.45, 7) is 18.2. The molecule has 3 heterocycles. The topological polar surface area (TPSA) is 12.6 Å². The van der Waals surface area contributed by atoms with Gasteiger partial charge in [-0.05, 0) is 106 Å². The first-order chi connectivity index (χ1) is 32.3. The molecule has 1 unspecified atom stereocenters. The van der Waals surface area contributed by atoms with E-state index in [-0.39, 0.29) is 11.5 Å². The molecule has 0 bridgehead atoms. The van der Waals surface area contributed by atoms with Crippen LogP contribution in [0.15, 0.2) is 242 Å². The molecule has 0 aliphatic heterocycles. The second-order valence-corrected chi connectivity index (χ2v) is 18.3. The van der Waals surface area contributed by atoms with E-state index in [9.17, 15) is 0 Å². The summed E-state index contributed by atoms with van der Waals surface area (Å²) in [5.41, 5.74) is 17.4. The fourth-order valence-electron chi connectivity index (χ4n) is 11.1. The predicted molar refractivity (Wildman–Crippen MR) is 283 cm³/mol. The predicted octanol–water partition coefficient (Wildman–Crippen LogP) is 16.4. The summed E-state index contributed by atoms with van der Waals surface area (Å²) in [6.07, 6.45) is 18.4. The lowest BCUT2D eigenvalue weighted by molar-refractivity contribution is 0.658. The summed E-state index contributed by atoms with van der Waals surface area (Å²) >= 11 is 0. The van der Waals surface area contributed by atoms with Crippen LogP contribution in [0.2, 0.25) is 0 Å². The summed E-state index contributed by atoms with van der Waals surface area (Å²) in [5, 5.41) is 7.67. The molecule has 0 saturated carbocycles. The van der Waals surface area contributed by atoms with Crippen molar-refractivity contribution in [3.8, 4) is 11.1 Å². The summed E-state index contributed by atoms with van der Waals surface area (Å²) in [6, 6.07) is 57.3. The van der Waals surface area contributed by atoms with Crippen molar-refractivity contribution in [3.63, 3.8) is 0 Å². The van der Waals surface area contributed by atoms with Gasteiger partial charge in [0.2, 0.25) is 0 Å². The van der Waals surface area contributed by atoms with Gasteiger partial charge in [-0.3, -0.25) is 0 Å². The van der Waals surface area contributed by atoms with E-state index < -0.39 is 0 Å². The van der Waals surface area contributed by atoms with E-state index in [4.69, 9.17) is 6.58 Å². The minimum atomic E-state index is -0.205. The quantitative estimate of drug-likeness (QED) is 0.132. The summed E-state index contributed by atoms with van der Waals surface area (Å²) in [7, 11) is 0. The number of rotatable bonds is 9. The summed E-state index contributed by atoms with van der Waals surface area (Å²) < 4.78 is 4.71. The zero-order valence-electron chi connectivity index (χ0n) is 37.4. The monoisotopic (exact) mass is 847 g/mol. The van der Waals surface area contributed by atoms with E-state index in [0.717, 1.165) is 34.5 Å². The molecule has 3 aromatic heterocycles. The smallest absolute Gasteiger partial charge is 0.0620 e. The van der Waals surface area contributed by atoms with Gasteiger partial charge < -0.3 is 13.9 Å². The Morgan fingerprint density at radius 3 is 1.95 bits per heavy atom. The Morgan fingerprint density at radius 1 is 0.667 bits per heavy atom. The number of benzene rings is 7. The van der Waals surface area contributed by atoms with Crippen LogP contribution in [-0.2, 0) is 5.41 Å². The van der Waals surface area contributed by atoms with Crippen LogP contribution in [-0.4, -0.2) is 15.0 Å². The number of hydrogen-bond donors (Lipinski definition) is 0. The Kier molecular flexibility index (Phi) is 9.12. The normalized spacial score (nSPS) is 16.8. The van der Waals surface area contributed by atoms with E-state index in [1.165, 1.54) is 87.7 Å². The number of hydrogen-bond acceptors (Lipinski definition) is 1. The van der Waals surface area contributed by atoms with E-state index >= 15 is 0 Å². The Bertz CT molecular complexity index is 3760. The van der Waals surface area contributed by atoms with E-state index in [2.05, 4.69) is 241 Å². The molecule has 0 radical (unpaired) electrons. The van der Waals surface area contributed by atoms with Crippen molar-refractivity contribution >= 4 is 77.4 Å². The number of anilines is 1. The van der Waals surface area contributed by atoms with Gasteiger partial charge in [0.1, 0.15) is 0 Å².